The quantitative estimate of drug-likeness (QED) is 0.395. The second-order valence-corrected chi connectivity index (χ2v) is 7.89. The SMILES string of the molecule is C#CC[C@H](NC(=O)OCC1c2ccccc2-c2ccccc21)C(=O)OCc1ccc(OC)cc1. The van der Waals surface area contributed by atoms with Crippen LogP contribution in [0.5, 0.6) is 5.75 Å². The first-order chi connectivity index (χ1) is 16.6. The van der Waals surface area contributed by atoms with Crippen LogP contribution in [0.3, 0.4) is 0 Å². The zero-order valence-corrected chi connectivity index (χ0v) is 18.8. The fraction of sp³-hybridized carbons (Fsp3) is 0.214. The molecule has 1 amide bonds. The van der Waals surface area contributed by atoms with Gasteiger partial charge in [-0.3, -0.25) is 0 Å². The smallest absolute Gasteiger partial charge is 0.407 e. The molecule has 0 unspecified atom stereocenters. The van der Waals surface area contributed by atoms with Gasteiger partial charge >= 0.3 is 12.1 Å². The van der Waals surface area contributed by atoms with Gasteiger partial charge in [0.2, 0.25) is 0 Å². The molecule has 0 saturated carbocycles. The summed E-state index contributed by atoms with van der Waals surface area (Å²) >= 11 is 0. The van der Waals surface area contributed by atoms with Crippen molar-refractivity contribution in [3.63, 3.8) is 0 Å². The lowest BCUT2D eigenvalue weighted by molar-refractivity contribution is -0.147. The van der Waals surface area contributed by atoms with Crippen LogP contribution in [0.25, 0.3) is 11.1 Å². The molecule has 0 bridgehead atoms. The molecule has 1 atom stereocenters. The van der Waals surface area contributed by atoms with E-state index in [4.69, 9.17) is 20.6 Å². The summed E-state index contributed by atoms with van der Waals surface area (Å²) in [7, 11) is 1.58. The second-order valence-electron chi connectivity index (χ2n) is 7.89. The highest BCUT2D eigenvalue weighted by molar-refractivity contribution is 5.82. The number of esters is 1. The van der Waals surface area contributed by atoms with Crippen molar-refractivity contribution in [3.05, 3.63) is 89.5 Å². The van der Waals surface area contributed by atoms with Crippen LogP contribution in [-0.4, -0.2) is 31.8 Å². The second kappa shape index (κ2) is 10.6. The average Bonchev–Trinajstić information content (AvgIpc) is 3.20. The molecule has 0 radical (unpaired) electrons. The van der Waals surface area contributed by atoms with Gasteiger partial charge in [-0.15, -0.1) is 12.3 Å². The number of amides is 1. The number of fused-ring (bicyclic) bond motifs is 3. The molecule has 0 aliphatic heterocycles. The lowest BCUT2D eigenvalue weighted by Gasteiger charge is -2.18. The van der Waals surface area contributed by atoms with Gasteiger partial charge in [0, 0.05) is 12.3 Å². The third kappa shape index (κ3) is 5.05. The fourth-order valence-electron chi connectivity index (χ4n) is 4.07. The van der Waals surface area contributed by atoms with Crippen molar-refractivity contribution >= 4 is 12.1 Å². The van der Waals surface area contributed by atoms with Crippen molar-refractivity contribution in [1.29, 1.82) is 0 Å². The molecule has 6 nitrogen and oxygen atoms in total. The molecule has 1 aliphatic carbocycles. The van der Waals surface area contributed by atoms with Gasteiger partial charge in [-0.25, -0.2) is 9.59 Å². The minimum Gasteiger partial charge on any atom is -0.497 e. The van der Waals surface area contributed by atoms with Gasteiger partial charge in [0.15, 0.2) is 0 Å². The molecule has 6 heteroatoms. The highest BCUT2D eigenvalue weighted by atomic mass is 16.6. The van der Waals surface area contributed by atoms with Crippen LogP contribution in [0.1, 0.15) is 29.0 Å². The third-order valence-corrected chi connectivity index (χ3v) is 5.78. The number of benzene rings is 3. The summed E-state index contributed by atoms with van der Waals surface area (Å²) in [5.74, 6) is 2.41. The number of nitrogens with one attached hydrogen (secondary N) is 1. The first kappa shape index (κ1) is 22.9. The zero-order valence-electron chi connectivity index (χ0n) is 18.8. The number of carbonyl (C=O) groups excluding carboxylic acids is 2. The summed E-state index contributed by atoms with van der Waals surface area (Å²) in [6, 6.07) is 22.3. The number of terminal acetylenes is 1. The molecule has 0 aromatic heterocycles. The van der Waals surface area contributed by atoms with Crippen LogP contribution in [0.2, 0.25) is 0 Å². The van der Waals surface area contributed by atoms with Crippen LogP contribution < -0.4 is 10.1 Å². The monoisotopic (exact) mass is 455 g/mol. The Kier molecular flexibility index (Phi) is 7.14. The number of rotatable bonds is 8. The topological polar surface area (TPSA) is 73.9 Å². The molecule has 1 N–H and O–H groups in total. The molecule has 3 aromatic rings. The Morgan fingerprint density at radius 2 is 1.56 bits per heavy atom. The molecule has 0 saturated heterocycles. The Balaban J connectivity index is 1.35. The van der Waals surface area contributed by atoms with E-state index in [1.54, 1.807) is 31.4 Å². The van der Waals surface area contributed by atoms with Gasteiger partial charge in [-0.05, 0) is 39.9 Å². The lowest BCUT2D eigenvalue weighted by Crippen LogP contribution is -2.42. The van der Waals surface area contributed by atoms with Crippen molar-refractivity contribution in [1.82, 2.24) is 5.32 Å². The Hall–Kier alpha value is -4.24. The largest absolute Gasteiger partial charge is 0.497 e. The highest BCUT2D eigenvalue weighted by Gasteiger charge is 2.30. The molecule has 3 aromatic carbocycles. The van der Waals surface area contributed by atoms with Crippen LogP contribution in [0.15, 0.2) is 72.8 Å². The number of carbonyl (C=O) groups is 2. The number of ether oxygens (including phenoxy) is 3. The van der Waals surface area contributed by atoms with Gasteiger partial charge in [0.1, 0.15) is 25.0 Å². The summed E-state index contributed by atoms with van der Waals surface area (Å²) in [6.45, 7) is 0.194. The van der Waals surface area contributed by atoms with Gasteiger partial charge in [0.25, 0.3) is 0 Å². The molecule has 4 rings (SSSR count). The maximum atomic E-state index is 12.5. The summed E-state index contributed by atoms with van der Waals surface area (Å²) in [4.78, 5) is 25.1. The van der Waals surface area contributed by atoms with Gasteiger partial charge in [-0.2, -0.15) is 0 Å². The van der Waals surface area contributed by atoms with Crippen molar-refractivity contribution in [2.75, 3.05) is 13.7 Å². The molecule has 0 heterocycles. The van der Waals surface area contributed by atoms with Crippen LogP contribution >= 0.6 is 0 Å². The maximum Gasteiger partial charge on any atom is 0.407 e. The molecule has 1 aliphatic rings. The van der Waals surface area contributed by atoms with E-state index in [0.717, 1.165) is 27.8 Å². The normalized spacial score (nSPS) is 12.6. The Morgan fingerprint density at radius 3 is 2.15 bits per heavy atom. The molecular formula is C28H25NO5. The van der Waals surface area contributed by atoms with Gasteiger partial charge in [0.05, 0.1) is 7.11 Å². The van der Waals surface area contributed by atoms with Crippen LogP contribution in [0, 0.1) is 12.3 Å². The predicted octanol–water partition coefficient (Wildman–Crippen LogP) is 4.67. The maximum absolute atomic E-state index is 12.5. The first-order valence-electron chi connectivity index (χ1n) is 10.9. The molecule has 0 fully saturated rings. The Morgan fingerprint density at radius 1 is 0.941 bits per heavy atom. The van der Waals surface area contributed by atoms with E-state index in [1.165, 1.54) is 0 Å². The van der Waals surface area contributed by atoms with E-state index < -0.39 is 18.1 Å². The number of hydrogen-bond donors (Lipinski definition) is 1. The Labute approximate surface area is 198 Å². The summed E-state index contributed by atoms with van der Waals surface area (Å²) < 4.78 is 16.0. The molecule has 172 valence electrons. The van der Waals surface area contributed by atoms with E-state index in [1.807, 2.05) is 36.4 Å². The van der Waals surface area contributed by atoms with Crippen molar-refractivity contribution in [2.45, 2.75) is 25.0 Å². The molecule has 34 heavy (non-hydrogen) atoms. The zero-order chi connectivity index (χ0) is 23.9. The lowest BCUT2D eigenvalue weighted by atomic mass is 9.98. The fourth-order valence-corrected chi connectivity index (χ4v) is 4.07. The van der Waals surface area contributed by atoms with Crippen molar-refractivity contribution in [2.24, 2.45) is 0 Å². The predicted molar refractivity (Wildman–Crippen MR) is 128 cm³/mol. The standard InChI is InChI=1S/C28H25NO5/c1-3-8-26(27(30)33-17-19-13-15-20(32-2)16-14-19)29-28(31)34-18-25-23-11-6-4-9-21(23)22-10-5-7-12-24(22)25/h1,4-7,9-16,25-26H,8,17-18H2,2H3,(H,29,31)/t26-/m0/s1. The van der Waals surface area contributed by atoms with E-state index in [0.29, 0.717) is 5.75 Å². The van der Waals surface area contributed by atoms with E-state index in [9.17, 15) is 9.59 Å². The number of methoxy groups -OCH3 is 1. The van der Waals surface area contributed by atoms with E-state index in [-0.39, 0.29) is 25.6 Å². The highest BCUT2D eigenvalue weighted by Crippen LogP contribution is 2.44. The summed E-state index contributed by atoms with van der Waals surface area (Å²) in [5, 5.41) is 2.55. The van der Waals surface area contributed by atoms with Crippen molar-refractivity contribution in [3.8, 4) is 29.2 Å². The molecular weight excluding hydrogens is 430 g/mol. The minimum absolute atomic E-state index is 0.00829. The summed E-state index contributed by atoms with van der Waals surface area (Å²) in [6.07, 6.45) is 4.67. The number of hydrogen-bond acceptors (Lipinski definition) is 5. The van der Waals surface area contributed by atoms with Crippen LogP contribution in [-0.2, 0) is 20.9 Å². The van der Waals surface area contributed by atoms with Crippen molar-refractivity contribution < 1.29 is 23.8 Å². The van der Waals surface area contributed by atoms with E-state index in [2.05, 4.69) is 23.4 Å². The van der Waals surface area contributed by atoms with Gasteiger partial charge in [-0.1, -0.05) is 60.7 Å². The Bertz CT molecular complexity index is 1170. The third-order valence-electron chi connectivity index (χ3n) is 5.78. The number of alkyl carbamates (subject to hydrolysis) is 1. The van der Waals surface area contributed by atoms with Crippen LogP contribution in [0.4, 0.5) is 4.79 Å². The average molecular weight is 456 g/mol. The first-order valence-corrected chi connectivity index (χ1v) is 10.9. The molecule has 0 spiro atoms. The van der Waals surface area contributed by atoms with E-state index >= 15 is 0 Å². The summed E-state index contributed by atoms with van der Waals surface area (Å²) in [5.41, 5.74) is 5.28. The van der Waals surface area contributed by atoms with Gasteiger partial charge < -0.3 is 19.5 Å². The minimum atomic E-state index is -1.00.